The van der Waals surface area contributed by atoms with Crippen LogP contribution in [-0.2, 0) is 6.42 Å². The third-order valence-electron chi connectivity index (χ3n) is 4.00. The normalized spacial score (nSPS) is 16.5. The number of nitrogens with two attached hydrogens (primary N) is 1. The number of rotatable bonds is 2. The standard InChI is InChI=1S/C17H18N2O2/c1-10-8-13(20)4-6-14(10)17(21)19-16-7-2-11-9-12(18)3-5-15(11)16/h3-6,8-9,16,20H,2,7,18H2,1H3,(H,19,21). The Balaban J connectivity index is 1.81. The monoisotopic (exact) mass is 282 g/mol. The summed E-state index contributed by atoms with van der Waals surface area (Å²) in [4.78, 5) is 12.4. The highest BCUT2D eigenvalue weighted by Crippen LogP contribution is 2.32. The van der Waals surface area contributed by atoms with Gasteiger partial charge in [-0.3, -0.25) is 4.79 Å². The molecule has 1 amide bonds. The fourth-order valence-corrected chi connectivity index (χ4v) is 2.93. The maximum absolute atomic E-state index is 12.4. The number of phenols is 1. The molecule has 4 heteroatoms. The Morgan fingerprint density at radius 2 is 2.10 bits per heavy atom. The Kier molecular flexibility index (Phi) is 3.29. The van der Waals surface area contributed by atoms with E-state index in [9.17, 15) is 9.90 Å². The predicted molar refractivity (Wildman–Crippen MR) is 82.2 cm³/mol. The first-order chi connectivity index (χ1) is 10.0. The number of carbonyl (C=O) groups is 1. The molecule has 0 aromatic heterocycles. The van der Waals surface area contributed by atoms with Gasteiger partial charge in [-0.15, -0.1) is 0 Å². The summed E-state index contributed by atoms with van der Waals surface area (Å²) in [6, 6.07) is 10.7. The second kappa shape index (κ2) is 5.13. The van der Waals surface area contributed by atoms with Crippen LogP contribution in [0.5, 0.6) is 5.75 Å². The van der Waals surface area contributed by atoms with E-state index in [4.69, 9.17) is 5.73 Å². The zero-order valence-corrected chi connectivity index (χ0v) is 11.9. The zero-order valence-electron chi connectivity index (χ0n) is 11.9. The van der Waals surface area contributed by atoms with Gasteiger partial charge in [0.1, 0.15) is 5.75 Å². The van der Waals surface area contributed by atoms with Crippen LogP contribution in [0.2, 0.25) is 0 Å². The largest absolute Gasteiger partial charge is 0.508 e. The van der Waals surface area contributed by atoms with Gasteiger partial charge in [-0.2, -0.15) is 0 Å². The number of hydrogen-bond acceptors (Lipinski definition) is 3. The molecule has 2 aromatic rings. The van der Waals surface area contributed by atoms with Crippen molar-refractivity contribution < 1.29 is 9.90 Å². The van der Waals surface area contributed by atoms with Gasteiger partial charge < -0.3 is 16.2 Å². The first kappa shape index (κ1) is 13.5. The summed E-state index contributed by atoms with van der Waals surface area (Å²) in [5, 5.41) is 12.5. The van der Waals surface area contributed by atoms with Crippen LogP contribution in [0.15, 0.2) is 36.4 Å². The number of carbonyl (C=O) groups excluding carboxylic acids is 1. The second-order valence-corrected chi connectivity index (χ2v) is 5.52. The number of benzene rings is 2. The van der Waals surface area contributed by atoms with Gasteiger partial charge in [0.2, 0.25) is 0 Å². The van der Waals surface area contributed by atoms with Gasteiger partial charge in [0.15, 0.2) is 0 Å². The van der Waals surface area contributed by atoms with Crippen LogP contribution in [-0.4, -0.2) is 11.0 Å². The van der Waals surface area contributed by atoms with Crippen molar-refractivity contribution in [2.75, 3.05) is 5.73 Å². The molecular formula is C17H18N2O2. The molecule has 0 bridgehead atoms. The topological polar surface area (TPSA) is 75.3 Å². The number of nitrogen functional groups attached to an aromatic ring is 1. The lowest BCUT2D eigenvalue weighted by molar-refractivity contribution is 0.0936. The van der Waals surface area contributed by atoms with Gasteiger partial charge in [-0.05, 0) is 66.8 Å². The quantitative estimate of drug-likeness (QED) is 0.741. The minimum Gasteiger partial charge on any atom is -0.508 e. The molecule has 0 heterocycles. The number of fused-ring (bicyclic) bond motifs is 1. The van der Waals surface area contributed by atoms with E-state index < -0.39 is 0 Å². The SMILES string of the molecule is Cc1cc(O)ccc1C(=O)NC1CCc2cc(N)ccc21. The Morgan fingerprint density at radius 3 is 2.86 bits per heavy atom. The first-order valence-electron chi connectivity index (χ1n) is 7.03. The third-order valence-corrected chi connectivity index (χ3v) is 4.00. The summed E-state index contributed by atoms with van der Waals surface area (Å²) in [7, 11) is 0. The molecule has 0 fully saturated rings. The summed E-state index contributed by atoms with van der Waals surface area (Å²) in [5.74, 6) is 0.0629. The molecule has 21 heavy (non-hydrogen) atoms. The molecule has 1 aliphatic rings. The van der Waals surface area contributed by atoms with Crippen molar-refractivity contribution in [2.45, 2.75) is 25.8 Å². The van der Waals surface area contributed by atoms with Gasteiger partial charge in [0, 0.05) is 11.3 Å². The highest BCUT2D eigenvalue weighted by Gasteiger charge is 2.24. The average molecular weight is 282 g/mol. The Bertz CT molecular complexity index is 710. The number of anilines is 1. The van der Waals surface area contributed by atoms with Crippen LogP contribution in [0.25, 0.3) is 0 Å². The van der Waals surface area contributed by atoms with Gasteiger partial charge in [0.05, 0.1) is 6.04 Å². The molecule has 1 unspecified atom stereocenters. The molecule has 1 atom stereocenters. The number of phenolic OH excluding ortho intramolecular Hbond substituents is 1. The molecule has 4 nitrogen and oxygen atoms in total. The Hall–Kier alpha value is -2.49. The number of aryl methyl sites for hydroxylation is 2. The fraction of sp³-hybridized carbons (Fsp3) is 0.235. The molecule has 4 N–H and O–H groups in total. The summed E-state index contributed by atoms with van der Waals surface area (Å²) >= 11 is 0. The number of aromatic hydroxyl groups is 1. The van der Waals surface area contributed by atoms with E-state index in [0.717, 1.165) is 29.7 Å². The minimum atomic E-state index is -0.109. The molecule has 0 aliphatic heterocycles. The van der Waals surface area contributed by atoms with Crippen LogP contribution in [0.4, 0.5) is 5.69 Å². The van der Waals surface area contributed by atoms with Crippen LogP contribution in [0.1, 0.15) is 39.5 Å². The van der Waals surface area contributed by atoms with Crippen molar-refractivity contribution in [1.29, 1.82) is 0 Å². The summed E-state index contributed by atoms with van der Waals surface area (Å²) < 4.78 is 0. The maximum Gasteiger partial charge on any atom is 0.252 e. The number of hydrogen-bond donors (Lipinski definition) is 3. The lowest BCUT2D eigenvalue weighted by Crippen LogP contribution is -2.27. The van der Waals surface area contributed by atoms with E-state index in [0.29, 0.717) is 5.56 Å². The molecular weight excluding hydrogens is 264 g/mol. The van der Waals surface area contributed by atoms with Gasteiger partial charge in [-0.1, -0.05) is 6.07 Å². The molecule has 1 aliphatic carbocycles. The van der Waals surface area contributed by atoms with Crippen molar-refractivity contribution in [3.63, 3.8) is 0 Å². The van der Waals surface area contributed by atoms with Crippen molar-refractivity contribution >= 4 is 11.6 Å². The van der Waals surface area contributed by atoms with E-state index >= 15 is 0 Å². The summed E-state index contributed by atoms with van der Waals surface area (Å²) in [5.41, 5.74) is 10.3. The van der Waals surface area contributed by atoms with E-state index in [1.165, 1.54) is 11.6 Å². The maximum atomic E-state index is 12.4. The van der Waals surface area contributed by atoms with Crippen LogP contribution in [0.3, 0.4) is 0 Å². The fourth-order valence-electron chi connectivity index (χ4n) is 2.93. The van der Waals surface area contributed by atoms with Crippen LogP contribution < -0.4 is 11.1 Å². The smallest absolute Gasteiger partial charge is 0.252 e. The molecule has 108 valence electrons. The minimum absolute atomic E-state index is 0.0290. The van der Waals surface area contributed by atoms with E-state index in [2.05, 4.69) is 5.32 Å². The molecule has 0 saturated carbocycles. The second-order valence-electron chi connectivity index (χ2n) is 5.52. The van der Waals surface area contributed by atoms with Crippen molar-refractivity contribution in [1.82, 2.24) is 5.32 Å². The number of amides is 1. The van der Waals surface area contributed by atoms with Gasteiger partial charge in [0.25, 0.3) is 5.91 Å². The van der Waals surface area contributed by atoms with E-state index in [1.54, 1.807) is 12.1 Å². The van der Waals surface area contributed by atoms with Crippen molar-refractivity contribution in [3.05, 3.63) is 58.7 Å². The molecule has 0 radical (unpaired) electrons. The predicted octanol–water partition coefficient (Wildman–Crippen LogP) is 2.70. The Morgan fingerprint density at radius 1 is 1.29 bits per heavy atom. The summed E-state index contributed by atoms with van der Waals surface area (Å²) in [6.45, 7) is 1.82. The summed E-state index contributed by atoms with van der Waals surface area (Å²) in [6.07, 6.45) is 1.82. The Labute approximate surface area is 123 Å². The molecule has 2 aromatic carbocycles. The zero-order chi connectivity index (χ0) is 15.0. The van der Waals surface area contributed by atoms with Crippen LogP contribution in [0, 0.1) is 6.92 Å². The molecule has 3 rings (SSSR count). The average Bonchev–Trinajstić information content (AvgIpc) is 2.80. The van der Waals surface area contributed by atoms with E-state index in [1.807, 2.05) is 25.1 Å². The molecule has 0 saturated heterocycles. The van der Waals surface area contributed by atoms with Crippen LogP contribution >= 0.6 is 0 Å². The first-order valence-corrected chi connectivity index (χ1v) is 7.03. The van der Waals surface area contributed by atoms with Gasteiger partial charge in [-0.25, -0.2) is 0 Å². The lowest BCUT2D eigenvalue weighted by atomic mass is 10.0. The third kappa shape index (κ3) is 2.57. The highest BCUT2D eigenvalue weighted by molar-refractivity contribution is 5.96. The van der Waals surface area contributed by atoms with Gasteiger partial charge >= 0.3 is 0 Å². The highest BCUT2D eigenvalue weighted by atomic mass is 16.3. The molecule has 0 spiro atoms. The number of nitrogens with one attached hydrogen (secondary N) is 1. The lowest BCUT2D eigenvalue weighted by Gasteiger charge is -2.15. The van der Waals surface area contributed by atoms with E-state index in [-0.39, 0.29) is 17.7 Å². The van der Waals surface area contributed by atoms with Crippen molar-refractivity contribution in [2.24, 2.45) is 0 Å². The van der Waals surface area contributed by atoms with Crippen molar-refractivity contribution in [3.8, 4) is 5.75 Å².